The Morgan fingerprint density at radius 3 is 2.44 bits per heavy atom. The van der Waals surface area contributed by atoms with Gasteiger partial charge in [0.25, 0.3) is 0 Å². The Balaban J connectivity index is 3.32. The molecule has 0 aromatic heterocycles. The van der Waals surface area contributed by atoms with Crippen LogP contribution in [0, 0.1) is 11.6 Å². The summed E-state index contributed by atoms with van der Waals surface area (Å²) in [5.74, 6) is -1.81. The molecule has 3 nitrogen and oxygen atoms in total. The van der Waals surface area contributed by atoms with Crippen LogP contribution in [0.2, 0.25) is 0 Å². The number of benzene rings is 1. The van der Waals surface area contributed by atoms with Crippen LogP contribution in [0.25, 0.3) is 0 Å². The van der Waals surface area contributed by atoms with E-state index in [1.54, 1.807) is 0 Å². The van der Waals surface area contributed by atoms with Gasteiger partial charge in [-0.2, -0.15) is 0 Å². The molecule has 0 aliphatic carbocycles. The highest BCUT2D eigenvalue weighted by Crippen LogP contribution is 2.21. The van der Waals surface area contributed by atoms with E-state index in [0.29, 0.717) is 12.4 Å². The summed E-state index contributed by atoms with van der Waals surface area (Å²) in [6.07, 6.45) is 1.36. The van der Waals surface area contributed by atoms with Crippen LogP contribution in [-0.4, -0.2) is 21.0 Å². The van der Waals surface area contributed by atoms with Crippen molar-refractivity contribution in [3.05, 3.63) is 29.3 Å². The minimum atomic E-state index is -3.81. The van der Waals surface area contributed by atoms with Gasteiger partial charge in [-0.15, -0.1) is 0 Å². The van der Waals surface area contributed by atoms with Crippen LogP contribution in [0.3, 0.4) is 0 Å². The fourth-order valence-electron chi connectivity index (χ4n) is 1.28. The molecule has 0 aliphatic heterocycles. The van der Waals surface area contributed by atoms with Crippen molar-refractivity contribution in [1.82, 2.24) is 0 Å². The monoisotopic (exact) mass is 248 g/mol. The van der Waals surface area contributed by atoms with Gasteiger partial charge in [0.05, 0.1) is 0 Å². The maximum atomic E-state index is 13.6. The summed E-state index contributed by atoms with van der Waals surface area (Å²) in [6, 6.07) is 1.53. The third-order valence-corrected chi connectivity index (χ3v) is 3.11. The van der Waals surface area contributed by atoms with Crippen LogP contribution in [0.15, 0.2) is 17.0 Å². The van der Waals surface area contributed by atoms with E-state index < -0.39 is 26.4 Å². The highest BCUT2D eigenvalue weighted by Gasteiger charge is 2.18. The molecule has 0 saturated carbocycles. The molecule has 0 fully saturated rings. The summed E-state index contributed by atoms with van der Waals surface area (Å²) >= 11 is 0. The maximum absolute atomic E-state index is 13.6. The van der Waals surface area contributed by atoms with E-state index in [9.17, 15) is 22.0 Å². The van der Waals surface area contributed by atoms with Gasteiger partial charge in [-0.25, -0.2) is 17.2 Å². The van der Waals surface area contributed by atoms with Gasteiger partial charge in [-0.1, -0.05) is 0 Å². The minimum absolute atomic E-state index is 0.0174. The molecule has 88 valence electrons. The zero-order valence-electron chi connectivity index (χ0n) is 8.54. The van der Waals surface area contributed by atoms with Crippen LogP contribution >= 0.6 is 0 Å². The van der Waals surface area contributed by atoms with E-state index in [1.165, 1.54) is 0 Å². The molecule has 1 aromatic rings. The maximum Gasteiger partial charge on any atom is 0.178 e. The predicted octanol–water partition coefficient (Wildman–Crippen LogP) is 1.50. The van der Waals surface area contributed by atoms with Crippen molar-refractivity contribution in [2.24, 2.45) is 0 Å². The number of rotatable bonds is 4. The first-order chi connectivity index (χ1) is 7.36. The average molecular weight is 248 g/mol. The highest BCUT2D eigenvalue weighted by molar-refractivity contribution is 7.90. The molecular formula is C10H10F2O3S. The Labute approximate surface area is 92.0 Å². The lowest BCUT2D eigenvalue weighted by Gasteiger charge is -2.06. The van der Waals surface area contributed by atoms with Gasteiger partial charge in [0.15, 0.2) is 9.84 Å². The Kier molecular flexibility index (Phi) is 3.74. The van der Waals surface area contributed by atoms with Crippen LogP contribution < -0.4 is 0 Å². The minimum Gasteiger partial charge on any atom is -0.303 e. The van der Waals surface area contributed by atoms with Crippen molar-refractivity contribution in [2.45, 2.75) is 17.7 Å². The molecule has 6 heteroatoms. The zero-order chi connectivity index (χ0) is 12.3. The Bertz CT molecular complexity index is 509. The van der Waals surface area contributed by atoms with Crippen molar-refractivity contribution in [1.29, 1.82) is 0 Å². The molecule has 0 heterocycles. The lowest BCUT2D eigenvalue weighted by atomic mass is 10.1. The highest BCUT2D eigenvalue weighted by atomic mass is 32.2. The van der Waals surface area contributed by atoms with Crippen LogP contribution in [0.1, 0.15) is 12.0 Å². The molecule has 0 radical (unpaired) electrons. The van der Waals surface area contributed by atoms with Crippen molar-refractivity contribution in [3.8, 4) is 0 Å². The fraction of sp³-hybridized carbons (Fsp3) is 0.300. The molecule has 16 heavy (non-hydrogen) atoms. The number of hydrogen-bond acceptors (Lipinski definition) is 3. The van der Waals surface area contributed by atoms with Gasteiger partial charge in [0.2, 0.25) is 0 Å². The summed E-state index contributed by atoms with van der Waals surface area (Å²) in [7, 11) is -3.81. The molecule has 0 aliphatic rings. The largest absolute Gasteiger partial charge is 0.303 e. The summed E-state index contributed by atoms with van der Waals surface area (Å²) in [6.45, 7) is 0. The standard InChI is InChI=1S/C10H10F2O3S/c1-16(14,15)9-6-8(11)5-7(10(9)12)3-2-4-13/h4-6H,2-3H2,1H3. The number of carbonyl (C=O) groups is 1. The summed E-state index contributed by atoms with van der Waals surface area (Å²) in [4.78, 5) is 9.45. The first-order valence-electron chi connectivity index (χ1n) is 4.48. The molecule has 0 atom stereocenters. The van der Waals surface area contributed by atoms with Gasteiger partial charge in [-0.05, 0) is 24.1 Å². The van der Waals surface area contributed by atoms with E-state index in [2.05, 4.69) is 0 Å². The third-order valence-electron chi connectivity index (χ3n) is 2.01. The second kappa shape index (κ2) is 4.69. The fourth-order valence-corrected chi connectivity index (χ4v) is 2.07. The van der Waals surface area contributed by atoms with E-state index in [0.717, 1.165) is 12.3 Å². The molecule has 0 bridgehead atoms. The molecule has 0 amide bonds. The average Bonchev–Trinajstić information content (AvgIpc) is 2.17. The van der Waals surface area contributed by atoms with Gasteiger partial charge >= 0.3 is 0 Å². The van der Waals surface area contributed by atoms with E-state index >= 15 is 0 Å². The number of aryl methyl sites for hydroxylation is 1. The van der Waals surface area contributed by atoms with Gasteiger partial charge in [0.1, 0.15) is 22.8 Å². The van der Waals surface area contributed by atoms with Gasteiger partial charge in [0, 0.05) is 12.7 Å². The van der Waals surface area contributed by atoms with Gasteiger partial charge < -0.3 is 4.79 Å². The molecule has 0 unspecified atom stereocenters. The summed E-state index contributed by atoms with van der Waals surface area (Å²) < 4.78 is 49.0. The number of carbonyl (C=O) groups excluding carboxylic acids is 1. The summed E-state index contributed by atoms with van der Waals surface area (Å²) in [5.41, 5.74) is -0.104. The number of halogens is 2. The van der Waals surface area contributed by atoms with Crippen LogP contribution in [0.5, 0.6) is 0 Å². The Hall–Kier alpha value is -1.30. The second-order valence-electron chi connectivity index (χ2n) is 3.35. The summed E-state index contributed by atoms with van der Waals surface area (Å²) in [5, 5.41) is 0. The first-order valence-corrected chi connectivity index (χ1v) is 6.37. The topological polar surface area (TPSA) is 51.2 Å². The van der Waals surface area contributed by atoms with E-state index in [4.69, 9.17) is 0 Å². The molecular weight excluding hydrogens is 238 g/mol. The van der Waals surface area contributed by atoms with Crippen LogP contribution in [0.4, 0.5) is 8.78 Å². The van der Waals surface area contributed by atoms with Crippen molar-refractivity contribution < 1.29 is 22.0 Å². The number of aldehydes is 1. The smallest absolute Gasteiger partial charge is 0.178 e. The van der Waals surface area contributed by atoms with Crippen molar-refractivity contribution >= 4 is 16.1 Å². The normalized spacial score (nSPS) is 11.4. The quantitative estimate of drug-likeness (QED) is 0.759. The number of hydrogen-bond donors (Lipinski definition) is 0. The SMILES string of the molecule is CS(=O)(=O)c1cc(F)cc(CCC=O)c1F. The first kappa shape index (κ1) is 12.8. The second-order valence-corrected chi connectivity index (χ2v) is 5.34. The predicted molar refractivity (Wildman–Crippen MR) is 53.9 cm³/mol. The lowest BCUT2D eigenvalue weighted by molar-refractivity contribution is -0.107. The van der Waals surface area contributed by atoms with E-state index in [-0.39, 0.29) is 18.4 Å². The lowest BCUT2D eigenvalue weighted by Crippen LogP contribution is -2.05. The van der Waals surface area contributed by atoms with Crippen molar-refractivity contribution in [3.63, 3.8) is 0 Å². The van der Waals surface area contributed by atoms with E-state index in [1.807, 2.05) is 0 Å². The Morgan fingerprint density at radius 1 is 1.31 bits per heavy atom. The molecule has 1 aromatic carbocycles. The third kappa shape index (κ3) is 2.85. The zero-order valence-corrected chi connectivity index (χ0v) is 9.35. The van der Waals surface area contributed by atoms with Crippen LogP contribution in [-0.2, 0) is 21.1 Å². The Morgan fingerprint density at radius 2 is 1.94 bits per heavy atom. The molecule has 1 rings (SSSR count). The molecule has 0 saturated heterocycles. The van der Waals surface area contributed by atoms with Crippen molar-refractivity contribution in [2.75, 3.05) is 6.26 Å². The molecule has 0 N–H and O–H groups in total. The number of sulfone groups is 1. The van der Waals surface area contributed by atoms with Gasteiger partial charge in [-0.3, -0.25) is 0 Å². The molecule has 0 spiro atoms.